The third-order valence-electron chi connectivity index (χ3n) is 6.92. The van der Waals surface area contributed by atoms with E-state index < -0.39 is 5.54 Å². The second-order valence-corrected chi connectivity index (χ2v) is 10.8. The van der Waals surface area contributed by atoms with Crippen LogP contribution in [-0.4, -0.2) is 66.5 Å². The third-order valence-corrected chi connectivity index (χ3v) is 6.92. The first-order valence-corrected chi connectivity index (χ1v) is 12.5. The molecular formula is C28H36N4O4. The summed E-state index contributed by atoms with van der Waals surface area (Å²) in [6.45, 7) is 7.51. The van der Waals surface area contributed by atoms with Gasteiger partial charge in [-0.15, -0.1) is 0 Å². The zero-order valence-corrected chi connectivity index (χ0v) is 21.6. The van der Waals surface area contributed by atoms with Crippen LogP contribution in [0.3, 0.4) is 0 Å². The van der Waals surface area contributed by atoms with E-state index in [4.69, 9.17) is 4.74 Å². The average Bonchev–Trinajstić information content (AvgIpc) is 3.10. The Morgan fingerprint density at radius 1 is 1.00 bits per heavy atom. The van der Waals surface area contributed by atoms with E-state index in [9.17, 15) is 14.4 Å². The van der Waals surface area contributed by atoms with Gasteiger partial charge in [0.2, 0.25) is 11.8 Å². The topological polar surface area (TPSA) is 82.2 Å². The minimum absolute atomic E-state index is 0.0391. The molecule has 1 spiro atoms. The number of hydrogen-bond acceptors (Lipinski definition) is 5. The lowest BCUT2D eigenvalue weighted by molar-refractivity contribution is -0.140. The molecule has 2 fully saturated rings. The predicted molar refractivity (Wildman–Crippen MR) is 140 cm³/mol. The highest BCUT2D eigenvalue weighted by Crippen LogP contribution is 2.39. The van der Waals surface area contributed by atoms with Gasteiger partial charge in [0.25, 0.3) is 5.91 Å². The molecule has 192 valence electrons. The average molecular weight is 493 g/mol. The van der Waals surface area contributed by atoms with Crippen LogP contribution in [0.25, 0.3) is 0 Å². The fourth-order valence-corrected chi connectivity index (χ4v) is 5.06. The van der Waals surface area contributed by atoms with E-state index in [0.717, 1.165) is 5.69 Å². The molecule has 2 heterocycles. The predicted octanol–water partition coefficient (Wildman–Crippen LogP) is 3.74. The number of para-hydroxylation sites is 1. The molecule has 3 amide bonds. The summed E-state index contributed by atoms with van der Waals surface area (Å²) < 4.78 is 5.16. The zero-order chi connectivity index (χ0) is 25.9. The van der Waals surface area contributed by atoms with Crippen molar-refractivity contribution in [2.75, 3.05) is 43.6 Å². The molecule has 0 unspecified atom stereocenters. The molecule has 1 N–H and O–H groups in total. The van der Waals surface area contributed by atoms with Crippen molar-refractivity contribution in [3.8, 4) is 5.75 Å². The van der Waals surface area contributed by atoms with Gasteiger partial charge < -0.3 is 24.8 Å². The molecule has 8 nitrogen and oxygen atoms in total. The summed E-state index contributed by atoms with van der Waals surface area (Å²) in [6, 6.07) is 16.9. The van der Waals surface area contributed by atoms with E-state index in [2.05, 4.69) is 31.0 Å². The van der Waals surface area contributed by atoms with E-state index in [1.54, 1.807) is 36.3 Å². The highest BCUT2D eigenvalue weighted by Gasteiger charge is 2.54. The quantitative estimate of drug-likeness (QED) is 0.664. The van der Waals surface area contributed by atoms with Gasteiger partial charge in [-0.1, -0.05) is 39.0 Å². The van der Waals surface area contributed by atoms with Crippen molar-refractivity contribution >= 4 is 29.1 Å². The second kappa shape index (κ2) is 10.2. The second-order valence-electron chi connectivity index (χ2n) is 10.8. The van der Waals surface area contributed by atoms with Crippen LogP contribution >= 0.6 is 0 Å². The maximum atomic E-state index is 13.8. The molecule has 4 rings (SSSR count). The number of piperidine rings is 1. The Labute approximate surface area is 213 Å². The summed E-state index contributed by atoms with van der Waals surface area (Å²) in [7, 11) is 1.59. The summed E-state index contributed by atoms with van der Waals surface area (Å²) in [5.74, 6) is 0.524. The number of amides is 3. The minimum Gasteiger partial charge on any atom is -0.497 e. The van der Waals surface area contributed by atoms with Gasteiger partial charge >= 0.3 is 0 Å². The van der Waals surface area contributed by atoms with Crippen molar-refractivity contribution in [1.29, 1.82) is 0 Å². The van der Waals surface area contributed by atoms with Crippen molar-refractivity contribution < 1.29 is 19.1 Å². The minimum atomic E-state index is -0.764. The summed E-state index contributed by atoms with van der Waals surface area (Å²) >= 11 is 0. The molecule has 2 saturated heterocycles. The Kier molecular flexibility index (Phi) is 7.24. The third kappa shape index (κ3) is 5.48. The first-order chi connectivity index (χ1) is 17.1. The fraction of sp³-hybridized carbons (Fsp3) is 0.464. The standard InChI is InChI=1S/C28H36N4O4/c1-27(2,3)18-25(34)30-16-14-28(15-17-30)26(35)31(20-32(28)22-8-6-5-7-9-22)19-24(33)29-21-10-12-23(36-4)13-11-21/h5-13H,14-20H2,1-4H3,(H,29,33). The summed E-state index contributed by atoms with van der Waals surface area (Å²) in [4.78, 5) is 45.1. The molecule has 0 radical (unpaired) electrons. The lowest BCUT2D eigenvalue weighted by Gasteiger charge is -2.43. The van der Waals surface area contributed by atoms with E-state index >= 15 is 0 Å². The van der Waals surface area contributed by atoms with Crippen molar-refractivity contribution in [2.45, 2.75) is 45.6 Å². The number of rotatable bonds is 6. The number of carbonyl (C=O) groups is 3. The molecule has 0 aliphatic carbocycles. The number of hydrogen-bond donors (Lipinski definition) is 1. The van der Waals surface area contributed by atoms with Crippen molar-refractivity contribution in [1.82, 2.24) is 9.80 Å². The molecule has 0 bridgehead atoms. The fourth-order valence-electron chi connectivity index (χ4n) is 5.06. The van der Waals surface area contributed by atoms with Crippen molar-refractivity contribution in [3.05, 3.63) is 54.6 Å². The van der Waals surface area contributed by atoms with Gasteiger partial charge in [-0.3, -0.25) is 14.4 Å². The number of ether oxygens (including phenoxy) is 1. The molecule has 0 saturated carbocycles. The van der Waals surface area contributed by atoms with Gasteiger partial charge in [-0.05, 0) is 54.7 Å². The van der Waals surface area contributed by atoms with E-state index in [-0.39, 0.29) is 29.7 Å². The summed E-state index contributed by atoms with van der Waals surface area (Å²) in [6.07, 6.45) is 1.55. The largest absolute Gasteiger partial charge is 0.497 e. The van der Waals surface area contributed by atoms with Gasteiger partial charge in [0.05, 0.1) is 13.8 Å². The van der Waals surface area contributed by atoms with E-state index in [1.165, 1.54) is 0 Å². The molecule has 36 heavy (non-hydrogen) atoms. The Morgan fingerprint density at radius 3 is 2.22 bits per heavy atom. The van der Waals surface area contributed by atoms with Crippen LogP contribution in [-0.2, 0) is 14.4 Å². The van der Waals surface area contributed by atoms with Crippen LogP contribution in [0.1, 0.15) is 40.0 Å². The molecule has 2 aliphatic rings. The number of nitrogens with one attached hydrogen (secondary N) is 1. The number of carbonyl (C=O) groups excluding carboxylic acids is 3. The maximum absolute atomic E-state index is 13.8. The normalized spacial score (nSPS) is 17.4. The highest BCUT2D eigenvalue weighted by atomic mass is 16.5. The molecule has 0 aromatic heterocycles. The van der Waals surface area contributed by atoms with Gasteiger partial charge in [0.1, 0.15) is 17.8 Å². The van der Waals surface area contributed by atoms with Crippen molar-refractivity contribution in [2.24, 2.45) is 5.41 Å². The molecule has 2 aromatic carbocycles. The Bertz CT molecular complexity index is 1090. The molecule has 2 aliphatic heterocycles. The van der Waals surface area contributed by atoms with E-state index in [1.807, 2.05) is 35.2 Å². The Balaban J connectivity index is 1.49. The smallest absolute Gasteiger partial charge is 0.250 e. The van der Waals surface area contributed by atoms with E-state index in [0.29, 0.717) is 50.5 Å². The van der Waals surface area contributed by atoms with Crippen LogP contribution < -0.4 is 15.0 Å². The van der Waals surface area contributed by atoms with Gasteiger partial charge in [-0.2, -0.15) is 0 Å². The van der Waals surface area contributed by atoms with Crippen LogP contribution in [0, 0.1) is 5.41 Å². The number of anilines is 2. The van der Waals surface area contributed by atoms with Crippen molar-refractivity contribution in [3.63, 3.8) is 0 Å². The van der Waals surface area contributed by atoms with Crippen LogP contribution in [0.2, 0.25) is 0 Å². The summed E-state index contributed by atoms with van der Waals surface area (Å²) in [5.41, 5.74) is 0.742. The number of likely N-dealkylation sites (tertiary alicyclic amines) is 1. The van der Waals surface area contributed by atoms with Gasteiger partial charge in [0.15, 0.2) is 0 Å². The highest BCUT2D eigenvalue weighted by molar-refractivity contribution is 5.99. The molecule has 2 aromatic rings. The summed E-state index contributed by atoms with van der Waals surface area (Å²) in [5, 5.41) is 2.87. The number of methoxy groups -OCH3 is 1. The number of nitrogens with zero attached hydrogens (tertiary/aromatic N) is 3. The lowest BCUT2D eigenvalue weighted by atomic mass is 9.84. The maximum Gasteiger partial charge on any atom is 0.250 e. The van der Waals surface area contributed by atoms with Crippen LogP contribution in [0.4, 0.5) is 11.4 Å². The lowest BCUT2D eigenvalue weighted by Crippen LogP contribution is -2.57. The van der Waals surface area contributed by atoms with Gasteiger partial charge in [0, 0.05) is 30.9 Å². The monoisotopic (exact) mass is 492 g/mol. The first kappa shape index (κ1) is 25.5. The molecule has 8 heteroatoms. The SMILES string of the molecule is COc1ccc(NC(=O)CN2CN(c3ccccc3)C3(CCN(C(=O)CC(C)(C)C)CC3)C2=O)cc1. The molecular weight excluding hydrogens is 456 g/mol. The Morgan fingerprint density at radius 2 is 1.64 bits per heavy atom. The zero-order valence-electron chi connectivity index (χ0n) is 21.6. The first-order valence-electron chi connectivity index (χ1n) is 12.5. The van der Waals surface area contributed by atoms with Crippen LogP contribution in [0.15, 0.2) is 54.6 Å². The Hall–Kier alpha value is -3.55. The van der Waals surface area contributed by atoms with Gasteiger partial charge in [-0.25, -0.2) is 0 Å². The van der Waals surface area contributed by atoms with Crippen LogP contribution in [0.5, 0.6) is 5.75 Å². The molecule has 0 atom stereocenters. The number of benzene rings is 2.